The topological polar surface area (TPSA) is 57.7 Å². The lowest BCUT2D eigenvalue weighted by molar-refractivity contribution is -0.138. The van der Waals surface area contributed by atoms with E-state index in [-0.39, 0.29) is 11.4 Å². The van der Waals surface area contributed by atoms with Crippen molar-refractivity contribution in [2.75, 3.05) is 75.8 Å². The molecule has 0 saturated carbocycles. The number of carbonyl (C=O) groups is 1. The van der Waals surface area contributed by atoms with Crippen molar-refractivity contribution < 1.29 is 4.79 Å². The first-order valence-electron chi connectivity index (χ1n) is 12.8. The Morgan fingerprint density at radius 2 is 1.66 bits per heavy atom. The molecule has 1 N–H and O–H groups in total. The van der Waals surface area contributed by atoms with Gasteiger partial charge in [-0.15, -0.1) is 5.10 Å². The number of hydrogen-bond donors (Lipinski definition) is 1. The number of nitrogens with one attached hydrogen (secondary N) is 1. The summed E-state index contributed by atoms with van der Waals surface area (Å²) in [4.78, 5) is 22.2. The third kappa shape index (κ3) is 4.97. The number of rotatable bonds is 3. The summed E-state index contributed by atoms with van der Waals surface area (Å²) < 4.78 is 0. The number of piperidine rings is 1. The molecule has 3 fully saturated rings. The van der Waals surface area contributed by atoms with Gasteiger partial charge in [-0.1, -0.05) is 12.1 Å². The monoisotopic (exact) mass is 513 g/mol. The normalized spacial score (nSPS) is 25.9. The Morgan fingerprint density at radius 3 is 2.34 bits per heavy atom. The van der Waals surface area contributed by atoms with E-state index >= 15 is 0 Å². The molecule has 0 bridgehead atoms. The molecule has 5 aliphatic heterocycles. The second-order valence-corrected chi connectivity index (χ2v) is 12.2. The minimum atomic E-state index is 0.114. The molecule has 10 heteroatoms. The number of hydrazone groups is 1. The molecule has 0 aromatic heterocycles. The van der Waals surface area contributed by atoms with E-state index in [4.69, 9.17) is 5.10 Å². The number of hydrogen-bond acceptors (Lipinski definition) is 9. The van der Waals surface area contributed by atoms with E-state index in [1.165, 1.54) is 22.8 Å². The number of thioether (sulfide) groups is 2. The lowest BCUT2D eigenvalue weighted by Gasteiger charge is -2.37. The highest BCUT2D eigenvalue weighted by Gasteiger charge is 2.37. The summed E-state index contributed by atoms with van der Waals surface area (Å²) in [6, 6.07) is 8.92. The van der Waals surface area contributed by atoms with Gasteiger partial charge in [0.15, 0.2) is 10.7 Å². The summed E-state index contributed by atoms with van der Waals surface area (Å²) in [6.45, 7) is 7.79. The van der Waals surface area contributed by atoms with Gasteiger partial charge in [0.1, 0.15) is 0 Å². The van der Waals surface area contributed by atoms with Crippen LogP contribution in [0.3, 0.4) is 0 Å². The Labute approximate surface area is 216 Å². The van der Waals surface area contributed by atoms with Crippen molar-refractivity contribution in [2.24, 2.45) is 11.0 Å². The van der Waals surface area contributed by atoms with Crippen LogP contribution in [-0.2, 0) is 4.79 Å². The first kappa shape index (κ1) is 23.4. The lowest BCUT2D eigenvalue weighted by Crippen LogP contribution is -2.50. The lowest BCUT2D eigenvalue weighted by atomic mass is 9.95. The fourth-order valence-electron chi connectivity index (χ4n) is 5.40. The molecule has 35 heavy (non-hydrogen) atoms. The average Bonchev–Trinajstić information content (AvgIpc) is 3.49. The van der Waals surface area contributed by atoms with Crippen LogP contribution in [0.4, 0.5) is 5.69 Å². The van der Waals surface area contributed by atoms with Crippen LogP contribution >= 0.6 is 23.5 Å². The Bertz CT molecular complexity index is 978. The maximum atomic E-state index is 13.0. The smallest absolute Gasteiger partial charge is 0.225 e. The molecule has 8 nitrogen and oxygen atoms in total. The molecule has 1 atom stereocenters. The molecule has 0 spiro atoms. The van der Waals surface area contributed by atoms with E-state index in [0.717, 1.165) is 76.1 Å². The maximum Gasteiger partial charge on any atom is 0.225 e. The van der Waals surface area contributed by atoms with Crippen LogP contribution in [0.25, 0.3) is 5.70 Å². The average molecular weight is 514 g/mol. The van der Waals surface area contributed by atoms with E-state index in [0.29, 0.717) is 5.91 Å². The SMILES string of the molecule is CN1CCN(C(=O)C2CCN(C3=NN4C=C(c5ccc(N6CCSCC6)cc5)NC4S3)CC2)CC1. The highest BCUT2D eigenvalue weighted by molar-refractivity contribution is 8.14. The summed E-state index contributed by atoms with van der Waals surface area (Å²) in [6.07, 6.45) is 3.97. The van der Waals surface area contributed by atoms with E-state index < -0.39 is 0 Å². The number of amides is 1. The van der Waals surface area contributed by atoms with Crippen molar-refractivity contribution in [2.45, 2.75) is 18.3 Å². The molecule has 3 saturated heterocycles. The van der Waals surface area contributed by atoms with Gasteiger partial charge in [-0.2, -0.15) is 11.8 Å². The van der Waals surface area contributed by atoms with Gasteiger partial charge in [0.2, 0.25) is 5.91 Å². The summed E-state index contributed by atoms with van der Waals surface area (Å²) >= 11 is 3.82. The van der Waals surface area contributed by atoms with Crippen LogP contribution < -0.4 is 10.2 Å². The van der Waals surface area contributed by atoms with E-state index in [9.17, 15) is 4.79 Å². The summed E-state index contributed by atoms with van der Waals surface area (Å²) in [7, 11) is 2.13. The minimum absolute atomic E-state index is 0.114. The van der Waals surface area contributed by atoms with E-state index in [1.807, 2.05) is 16.8 Å². The predicted molar refractivity (Wildman–Crippen MR) is 146 cm³/mol. The van der Waals surface area contributed by atoms with Gasteiger partial charge in [-0.05, 0) is 49.3 Å². The third-order valence-electron chi connectivity index (χ3n) is 7.68. The number of amidine groups is 1. The minimum Gasteiger partial charge on any atom is -0.370 e. The van der Waals surface area contributed by atoms with Crippen molar-refractivity contribution in [3.8, 4) is 0 Å². The standard InChI is InChI=1S/C25H35N7OS2/c1-28-10-12-30(13-11-28)23(33)20-6-8-31(9-7-20)25-27-32-18-22(26-24(32)35-25)19-2-4-21(5-3-19)29-14-16-34-17-15-29/h2-5,18,20,24,26H,6-17H2,1H3. The summed E-state index contributed by atoms with van der Waals surface area (Å²) in [5.41, 5.74) is 3.76. The highest BCUT2D eigenvalue weighted by Crippen LogP contribution is 2.35. The molecule has 6 rings (SSSR count). The second-order valence-electron chi connectivity index (χ2n) is 9.96. The zero-order valence-electron chi connectivity index (χ0n) is 20.4. The number of piperazine rings is 1. The van der Waals surface area contributed by atoms with E-state index in [1.54, 1.807) is 11.8 Å². The number of nitrogens with zero attached hydrogens (tertiary/aromatic N) is 6. The molecule has 5 heterocycles. The van der Waals surface area contributed by atoms with Crippen LogP contribution in [0.15, 0.2) is 35.6 Å². The number of carbonyl (C=O) groups excluding carboxylic acids is 1. The maximum absolute atomic E-state index is 13.0. The predicted octanol–water partition coefficient (Wildman–Crippen LogP) is 2.23. The molecule has 188 valence electrons. The van der Waals surface area contributed by atoms with Gasteiger partial charge in [0.05, 0.1) is 11.9 Å². The highest BCUT2D eigenvalue weighted by atomic mass is 32.2. The van der Waals surface area contributed by atoms with Crippen molar-refractivity contribution >= 4 is 46.0 Å². The van der Waals surface area contributed by atoms with Crippen molar-refractivity contribution in [1.29, 1.82) is 0 Å². The van der Waals surface area contributed by atoms with Gasteiger partial charge in [-0.3, -0.25) is 4.79 Å². The van der Waals surface area contributed by atoms with Crippen molar-refractivity contribution in [1.82, 2.24) is 25.0 Å². The van der Waals surface area contributed by atoms with Crippen molar-refractivity contribution in [3.63, 3.8) is 0 Å². The number of benzene rings is 1. The molecular formula is C25H35N7OS2. The van der Waals surface area contributed by atoms with Crippen molar-refractivity contribution in [3.05, 3.63) is 36.0 Å². The zero-order valence-corrected chi connectivity index (χ0v) is 22.1. The fraction of sp³-hybridized carbons (Fsp3) is 0.600. The molecule has 0 radical (unpaired) electrons. The molecule has 1 unspecified atom stereocenters. The van der Waals surface area contributed by atoms with Crippen LogP contribution in [0.1, 0.15) is 18.4 Å². The Balaban J connectivity index is 1.03. The van der Waals surface area contributed by atoms with Gasteiger partial charge in [-0.25, -0.2) is 5.01 Å². The van der Waals surface area contributed by atoms with Crippen LogP contribution in [-0.4, -0.2) is 107 Å². The Hall–Kier alpha value is -2.04. The number of likely N-dealkylation sites (tertiary alicyclic amines) is 1. The van der Waals surface area contributed by atoms with Gasteiger partial charge >= 0.3 is 0 Å². The molecule has 1 aromatic carbocycles. The molecular weight excluding hydrogens is 478 g/mol. The molecule has 1 amide bonds. The third-order valence-corrected chi connectivity index (χ3v) is 9.73. The van der Waals surface area contributed by atoms with E-state index in [2.05, 4.69) is 62.4 Å². The quantitative estimate of drug-likeness (QED) is 0.661. The van der Waals surface area contributed by atoms with Gasteiger partial charge in [0, 0.05) is 75.5 Å². The van der Waals surface area contributed by atoms with Gasteiger partial charge < -0.3 is 24.9 Å². The largest absolute Gasteiger partial charge is 0.370 e. The van der Waals surface area contributed by atoms with Gasteiger partial charge in [0.25, 0.3) is 0 Å². The van der Waals surface area contributed by atoms with Crippen LogP contribution in [0.2, 0.25) is 0 Å². The second kappa shape index (κ2) is 10.1. The first-order valence-corrected chi connectivity index (χ1v) is 14.8. The number of likely N-dealkylation sites (N-methyl/N-ethyl adjacent to an activating group) is 1. The number of fused-ring (bicyclic) bond motifs is 1. The summed E-state index contributed by atoms with van der Waals surface area (Å²) in [5, 5.41) is 11.7. The zero-order chi connectivity index (χ0) is 23.8. The fourth-order valence-corrected chi connectivity index (χ4v) is 7.37. The Morgan fingerprint density at radius 1 is 0.943 bits per heavy atom. The molecule has 1 aromatic rings. The summed E-state index contributed by atoms with van der Waals surface area (Å²) in [5.74, 6) is 2.95. The van der Waals surface area contributed by atoms with Crippen LogP contribution in [0, 0.1) is 5.92 Å². The molecule has 5 aliphatic rings. The number of anilines is 1. The first-order chi connectivity index (χ1) is 17.1. The molecule has 0 aliphatic carbocycles. The van der Waals surface area contributed by atoms with Crippen LogP contribution in [0.5, 0.6) is 0 Å². The Kier molecular flexibility index (Phi) is 6.77.